The van der Waals surface area contributed by atoms with Crippen molar-refractivity contribution in [3.8, 4) is 23.5 Å². The number of hydrogen-bond donors (Lipinski definition) is 0. The van der Waals surface area contributed by atoms with Crippen LogP contribution in [0.15, 0.2) is 55.0 Å². The van der Waals surface area contributed by atoms with Crippen molar-refractivity contribution in [2.24, 2.45) is 0 Å². The molecule has 0 saturated carbocycles. The molecule has 0 N–H and O–H groups in total. The Morgan fingerprint density at radius 1 is 0.750 bits per heavy atom. The van der Waals surface area contributed by atoms with Crippen LogP contribution in [0.5, 0.6) is 23.5 Å². The average Bonchev–Trinajstić information content (AvgIpc) is 2.56. The third-order valence-corrected chi connectivity index (χ3v) is 2.69. The molecule has 0 bridgehead atoms. The van der Waals surface area contributed by atoms with E-state index in [0.29, 0.717) is 5.75 Å². The van der Waals surface area contributed by atoms with Crippen molar-refractivity contribution in [3.05, 3.63) is 60.7 Å². The maximum atomic E-state index is 12.6. The van der Waals surface area contributed by atoms with Crippen LogP contribution in [0.4, 0.5) is 13.2 Å². The predicted octanol–water partition coefficient (Wildman–Crippen LogP) is 3.87. The fourth-order valence-electron chi connectivity index (χ4n) is 1.70. The van der Waals surface area contributed by atoms with E-state index in [1.807, 2.05) is 0 Å². The van der Waals surface area contributed by atoms with Gasteiger partial charge in [0.05, 0.1) is 0 Å². The summed E-state index contributed by atoms with van der Waals surface area (Å²) < 4.78 is 48.6. The fraction of sp³-hybridized carbons (Fsp3) is 0.0667. The molecule has 2 aromatic heterocycles. The van der Waals surface area contributed by atoms with Crippen LogP contribution in [0.25, 0.3) is 0 Å². The summed E-state index contributed by atoms with van der Waals surface area (Å²) >= 11 is 0. The van der Waals surface area contributed by atoms with Gasteiger partial charge in [-0.05, 0) is 24.3 Å². The number of aromatic nitrogens is 4. The maximum Gasteiger partial charge on any atom is 0.433 e. The molecule has 0 fully saturated rings. The lowest BCUT2D eigenvalue weighted by atomic mass is 10.3. The lowest BCUT2D eigenvalue weighted by Crippen LogP contribution is -2.08. The molecule has 6 nitrogen and oxygen atoms in total. The Labute approximate surface area is 134 Å². The summed E-state index contributed by atoms with van der Waals surface area (Å²) in [5.41, 5.74) is -1.09. The predicted molar refractivity (Wildman–Crippen MR) is 75.7 cm³/mol. The molecule has 0 aliphatic rings. The minimum atomic E-state index is -4.57. The molecule has 0 spiro atoms. The summed E-state index contributed by atoms with van der Waals surface area (Å²) in [5, 5.41) is 0. The summed E-state index contributed by atoms with van der Waals surface area (Å²) in [6, 6.07) is 8.32. The molecule has 0 saturated heterocycles. The Morgan fingerprint density at radius 2 is 1.38 bits per heavy atom. The van der Waals surface area contributed by atoms with E-state index in [-0.39, 0.29) is 11.8 Å². The molecule has 0 amide bonds. The van der Waals surface area contributed by atoms with Gasteiger partial charge in [-0.25, -0.2) is 15.0 Å². The summed E-state index contributed by atoms with van der Waals surface area (Å²) in [6.07, 6.45) is -0.571. The van der Waals surface area contributed by atoms with Crippen LogP contribution in [0, 0.1) is 0 Å². The van der Waals surface area contributed by atoms with Gasteiger partial charge in [-0.2, -0.15) is 18.2 Å². The Hall–Kier alpha value is -3.23. The largest absolute Gasteiger partial charge is 0.433 e. The zero-order valence-corrected chi connectivity index (χ0v) is 11.9. The third-order valence-electron chi connectivity index (χ3n) is 2.69. The van der Waals surface area contributed by atoms with E-state index < -0.39 is 17.9 Å². The van der Waals surface area contributed by atoms with Gasteiger partial charge in [0.25, 0.3) is 0 Å². The number of hydrogen-bond acceptors (Lipinski definition) is 6. The van der Waals surface area contributed by atoms with E-state index >= 15 is 0 Å². The highest BCUT2D eigenvalue weighted by atomic mass is 19.4. The molecule has 24 heavy (non-hydrogen) atoms. The fourth-order valence-corrected chi connectivity index (χ4v) is 1.70. The van der Waals surface area contributed by atoms with Gasteiger partial charge in [0, 0.05) is 24.7 Å². The van der Waals surface area contributed by atoms with Crippen molar-refractivity contribution in [2.75, 3.05) is 0 Å². The number of benzene rings is 1. The van der Waals surface area contributed by atoms with Crippen molar-refractivity contribution in [1.82, 2.24) is 19.9 Å². The minimum Gasteiger partial charge on any atom is -0.424 e. The number of halogens is 3. The number of ether oxygens (including phenoxy) is 2. The van der Waals surface area contributed by atoms with E-state index in [9.17, 15) is 13.2 Å². The summed E-state index contributed by atoms with van der Waals surface area (Å²) in [6.45, 7) is 0. The molecule has 1 aromatic carbocycles. The maximum absolute atomic E-state index is 12.6. The second kappa shape index (κ2) is 6.49. The number of nitrogens with zero attached hydrogens (tertiary/aromatic N) is 4. The van der Waals surface area contributed by atoms with Gasteiger partial charge in [0.1, 0.15) is 11.5 Å². The summed E-state index contributed by atoms with van der Waals surface area (Å²) in [7, 11) is 0. The average molecular weight is 334 g/mol. The van der Waals surface area contributed by atoms with Gasteiger partial charge in [-0.15, -0.1) is 0 Å². The van der Waals surface area contributed by atoms with E-state index in [4.69, 9.17) is 9.47 Å². The normalized spacial score (nSPS) is 11.1. The van der Waals surface area contributed by atoms with E-state index in [2.05, 4.69) is 19.9 Å². The first kappa shape index (κ1) is 15.7. The zero-order chi connectivity index (χ0) is 17.0. The summed E-state index contributed by atoms with van der Waals surface area (Å²) in [4.78, 5) is 14.8. The highest BCUT2D eigenvalue weighted by Crippen LogP contribution is 2.30. The molecule has 2 heterocycles. The Bertz CT molecular complexity index is 828. The van der Waals surface area contributed by atoms with E-state index in [0.717, 1.165) is 12.3 Å². The molecule has 122 valence electrons. The lowest BCUT2D eigenvalue weighted by molar-refractivity contribution is -0.141. The Kier molecular flexibility index (Phi) is 4.23. The van der Waals surface area contributed by atoms with Gasteiger partial charge in [-0.1, -0.05) is 6.07 Å². The van der Waals surface area contributed by atoms with Gasteiger partial charge >= 0.3 is 18.2 Å². The highest BCUT2D eigenvalue weighted by molar-refractivity contribution is 5.35. The van der Waals surface area contributed by atoms with Crippen LogP contribution in [-0.2, 0) is 6.18 Å². The first-order chi connectivity index (χ1) is 11.5. The van der Waals surface area contributed by atoms with Gasteiger partial charge in [0.2, 0.25) is 0 Å². The van der Waals surface area contributed by atoms with Crippen molar-refractivity contribution in [3.63, 3.8) is 0 Å². The molecule has 3 aromatic rings. The molecular weight excluding hydrogens is 325 g/mol. The molecule has 0 radical (unpaired) electrons. The second-order valence-corrected chi connectivity index (χ2v) is 4.43. The smallest absolute Gasteiger partial charge is 0.424 e. The second-order valence-electron chi connectivity index (χ2n) is 4.43. The number of rotatable bonds is 4. The van der Waals surface area contributed by atoms with Gasteiger partial charge < -0.3 is 9.47 Å². The van der Waals surface area contributed by atoms with Crippen molar-refractivity contribution in [2.45, 2.75) is 6.18 Å². The van der Waals surface area contributed by atoms with Crippen LogP contribution in [-0.4, -0.2) is 19.9 Å². The molecule has 3 rings (SSSR count). The SMILES string of the molecule is FC(F)(F)c1ccnc(Oc2cccc(Oc3ncccn3)c2)n1. The van der Waals surface area contributed by atoms with Crippen molar-refractivity contribution >= 4 is 0 Å². The monoisotopic (exact) mass is 334 g/mol. The standard InChI is InChI=1S/C15H9F3N4O2/c16-15(17,18)12-5-8-21-14(22-12)24-11-4-1-3-10(9-11)23-13-19-6-2-7-20-13/h1-9H. The van der Waals surface area contributed by atoms with Crippen LogP contribution in [0.2, 0.25) is 0 Å². The van der Waals surface area contributed by atoms with Crippen molar-refractivity contribution in [1.29, 1.82) is 0 Å². The topological polar surface area (TPSA) is 70.0 Å². The van der Waals surface area contributed by atoms with E-state index in [1.54, 1.807) is 18.2 Å². The molecular formula is C15H9F3N4O2. The van der Waals surface area contributed by atoms with E-state index in [1.165, 1.54) is 24.5 Å². The Balaban J connectivity index is 1.78. The minimum absolute atomic E-state index is 0.130. The first-order valence-electron chi connectivity index (χ1n) is 6.64. The van der Waals surface area contributed by atoms with Crippen LogP contribution >= 0.6 is 0 Å². The molecule has 0 aliphatic heterocycles. The third kappa shape index (κ3) is 3.94. The molecule has 9 heteroatoms. The quantitative estimate of drug-likeness (QED) is 0.721. The van der Waals surface area contributed by atoms with Crippen LogP contribution in [0.1, 0.15) is 5.69 Å². The lowest BCUT2D eigenvalue weighted by Gasteiger charge is -2.09. The Morgan fingerprint density at radius 3 is 2.04 bits per heavy atom. The first-order valence-corrected chi connectivity index (χ1v) is 6.64. The highest BCUT2D eigenvalue weighted by Gasteiger charge is 2.33. The van der Waals surface area contributed by atoms with Gasteiger partial charge in [0.15, 0.2) is 5.69 Å². The number of alkyl halides is 3. The van der Waals surface area contributed by atoms with Crippen LogP contribution in [0.3, 0.4) is 0 Å². The van der Waals surface area contributed by atoms with Crippen molar-refractivity contribution < 1.29 is 22.6 Å². The molecule has 0 aliphatic carbocycles. The molecule has 0 unspecified atom stereocenters. The van der Waals surface area contributed by atoms with Gasteiger partial charge in [-0.3, -0.25) is 0 Å². The zero-order valence-electron chi connectivity index (χ0n) is 11.9. The summed E-state index contributed by atoms with van der Waals surface area (Å²) in [5.74, 6) is 0.563. The van der Waals surface area contributed by atoms with Crippen LogP contribution < -0.4 is 9.47 Å². The molecule has 0 atom stereocenters.